The van der Waals surface area contributed by atoms with Crippen molar-refractivity contribution in [2.75, 3.05) is 5.32 Å². The van der Waals surface area contributed by atoms with Gasteiger partial charge in [0.2, 0.25) is 5.65 Å². The first-order valence-corrected chi connectivity index (χ1v) is 6.64. The number of carbonyl (C=O) groups is 1. The first kappa shape index (κ1) is 12.4. The van der Waals surface area contributed by atoms with Gasteiger partial charge < -0.3 is 5.32 Å². The number of nitrogens with zero attached hydrogens (tertiary/aromatic N) is 5. The van der Waals surface area contributed by atoms with E-state index in [1.165, 1.54) is 0 Å². The Bertz CT molecular complexity index is 976. The van der Waals surface area contributed by atoms with Crippen LogP contribution >= 0.6 is 0 Å². The van der Waals surface area contributed by atoms with Gasteiger partial charge in [0.1, 0.15) is 6.29 Å². The largest absolute Gasteiger partial charge is 0.337 e. The average molecular weight is 290 g/mol. The molecule has 0 radical (unpaired) electrons. The molecule has 7 nitrogen and oxygen atoms in total. The van der Waals surface area contributed by atoms with Gasteiger partial charge in [-0.05, 0) is 46.8 Å². The highest BCUT2D eigenvalue weighted by Crippen LogP contribution is 2.22. The van der Waals surface area contributed by atoms with Gasteiger partial charge in [-0.3, -0.25) is 4.79 Å². The van der Waals surface area contributed by atoms with E-state index in [-0.39, 0.29) is 0 Å². The average Bonchev–Trinajstić information content (AvgIpc) is 3.06. The van der Waals surface area contributed by atoms with Crippen molar-refractivity contribution < 1.29 is 4.79 Å². The molecule has 0 atom stereocenters. The SMILES string of the molecule is O=Cc1ccc(Nc2nc3ccccc3n3nnnc23)cc1. The van der Waals surface area contributed by atoms with Crippen molar-refractivity contribution in [2.45, 2.75) is 0 Å². The molecule has 0 fully saturated rings. The van der Waals surface area contributed by atoms with E-state index in [0.717, 1.165) is 23.0 Å². The smallest absolute Gasteiger partial charge is 0.222 e. The number of para-hydroxylation sites is 2. The Labute approximate surface area is 124 Å². The molecule has 2 heterocycles. The molecule has 2 aromatic heterocycles. The summed E-state index contributed by atoms with van der Waals surface area (Å²) in [5.74, 6) is 0.558. The molecule has 1 N–H and O–H groups in total. The Balaban J connectivity index is 1.85. The molecular weight excluding hydrogens is 280 g/mol. The molecule has 0 amide bonds. The van der Waals surface area contributed by atoms with Crippen molar-refractivity contribution in [2.24, 2.45) is 0 Å². The predicted molar refractivity (Wildman–Crippen MR) is 81.2 cm³/mol. The first-order chi connectivity index (χ1) is 10.8. The Morgan fingerprint density at radius 2 is 1.86 bits per heavy atom. The summed E-state index contributed by atoms with van der Waals surface area (Å²) in [5, 5.41) is 14.9. The first-order valence-electron chi connectivity index (χ1n) is 6.64. The van der Waals surface area contributed by atoms with Gasteiger partial charge in [0.05, 0.1) is 11.0 Å². The number of fused-ring (bicyclic) bond motifs is 3. The van der Waals surface area contributed by atoms with Gasteiger partial charge in [0.25, 0.3) is 0 Å². The second kappa shape index (κ2) is 4.88. The fourth-order valence-corrected chi connectivity index (χ4v) is 2.27. The zero-order valence-electron chi connectivity index (χ0n) is 11.3. The molecule has 22 heavy (non-hydrogen) atoms. The third-order valence-corrected chi connectivity index (χ3v) is 3.33. The lowest BCUT2D eigenvalue weighted by Crippen LogP contribution is -2.01. The van der Waals surface area contributed by atoms with Gasteiger partial charge in [-0.25, -0.2) is 4.98 Å². The van der Waals surface area contributed by atoms with E-state index in [0.29, 0.717) is 17.0 Å². The van der Waals surface area contributed by atoms with Crippen LogP contribution in [0.15, 0.2) is 48.5 Å². The van der Waals surface area contributed by atoms with Gasteiger partial charge in [0, 0.05) is 11.3 Å². The molecule has 106 valence electrons. The van der Waals surface area contributed by atoms with E-state index in [2.05, 4.69) is 25.8 Å². The molecule has 4 aromatic rings. The highest BCUT2D eigenvalue weighted by atomic mass is 16.1. The lowest BCUT2D eigenvalue weighted by molar-refractivity contribution is 0.112. The van der Waals surface area contributed by atoms with Crippen LogP contribution in [-0.4, -0.2) is 31.3 Å². The number of carbonyl (C=O) groups excluding carboxylic acids is 1. The topological polar surface area (TPSA) is 85.1 Å². The fraction of sp³-hybridized carbons (Fsp3) is 0. The molecule has 2 aromatic carbocycles. The lowest BCUT2D eigenvalue weighted by Gasteiger charge is -2.08. The Kier molecular flexibility index (Phi) is 2.75. The standard InChI is InChI=1S/C15H10N6O/c22-9-10-5-7-11(8-6-10)16-14-15-18-19-20-21(15)13-4-2-1-3-12(13)17-14/h1-9H,(H,16,17). The van der Waals surface area contributed by atoms with E-state index in [1.807, 2.05) is 24.3 Å². The van der Waals surface area contributed by atoms with Crippen LogP contribution < -0.4 is 5.32 Å². The van der Waals surface area contributed by atoms with Crippen LogP contribution in [0.5, 0.6) is 0 Å². The van der Waals surface area contributed by atoms with Gasteiger partial charge in [-0.2, -0.15) is 4.52 Å². The zero-order valence-corrected chi connectivity index (χ0v) is 11.3. The maximum Gasteiger partial charge on any atom is 0.222 e. The molecule has 0 saturated carbocycles. The summed E-state index contributed by atoms with van der Waals surface area (Å²) < 4.78 is 1.64. The molecule has 0 aliphatic carbocycles. The van der Waals surface area contributed by atoms with E-state index in [1.54, 1.807) is 28.8 Å². The minimum Gasteiger partial charge on any atom is -0.337 e. The van der Waals surface area contributed by atoms with Gasteiger partial charge >= 0.3 is 0 Å². The minimum atomic E-state index is 0.540. The third-order valence-electron chi connectivity index (χ3n) is 3.33. The van der Waals surface area contributed by atoms with Crippen LogP contribution in [0.3, 0.4) is 0 Å². The van der Waals surface area contributed by atoms with Gasteiger partial charge in [0.15, 0.2) is 5.82 Å². The van der Waals surface area contributed by atoms with Crippen molar-refractivity contribution in [3.05, 3.63) is 54.1 Å². The van der Waals surface area contributed by atoms with Gasteiger partial charge in [-0.15, -0.1) is 5.10 Å². The van der Waals surface area contributed by atoms with E-state index >= 15 is 0 Å². The van der Waals surface area contributed by atoms with E-state index in [4.69, 9.17) is 0 Å². The number of aromatic nitrogens is 5. The third kappa shape index (κ3) is 1.96. The normalized spacial score (nSPS) is 10.9. The second-order valence-corrected chi connectivity index (χ2v) is 4.73. The Morgan fingerprint density at radius 3 is 2.68 bits per heavy atom. The van der Waals surface area contributed by atoms with E-state index in [9.17, 15) is 4.79 Å². The van der Waals surface area contributed by atoms with Crippen LogP contribution in [-0.2, 0) is 0 Å². The van der Waals surface area contributed by atoms with Crippen LogP contribution in [0.1, 0.15) is 10.4 Å². The number of tetrazole rings is 1. The predicted octanol–water partition coefficient (Wildman–Crippen LogP) is 2.23. The van der Waals surface area contributed by atoms with Crippen molar-refractivity contribution >= 4 is 34.5 Å². The molecule has 0 aliphatic heterocycles. The van der Waals surface area contributed by atoms with E-state index < -0.39 is 0 Å². The summed E-state index contributed by atoms with van der Waals surface area (Å²) in [6, 6.07) is 14.7. The van der Waals surface area contributed by atoms with Crippen LogP contribution in [0, 0.1) is 0 Å². The molecule has 4 rings (SSSR count). The summed E-state index contributed by atoms with van der Waals surface area (Å²) in [4.78, 5) is 15.3. The number of nitrogens with one attached hydrogen (secondary N) is 1. The van der Waals surface area contributed by atoms with Crippen molar-refractivity contribution in [3.8, 4) is 0 Å². The van der Waals surface area contributed by atoms with Crippen LogP contribution in [0.4, 0.5) is 11.5 Å². The Hall–Kier alpha value is -3.35. The van der Waals surface area contributed by atoms with Crippen molar-refractivity contribution in [1.29, 1.82) is 0 Å². The number of aldehydes is 1. The maximum absolute atomic E-state index is 10.7. The Morgan fingerprint density at radius 1 is 1.05 bits per heavy atom. The highest BCUT2D eigenvalue weighted by Gasteiger charge is 2.11. The van der Waals surface area contributed by atoms with Crippen molar-refractivity contribution in [1.82, 2.24) is 25.0 Å². The molecule has 0 aliphatic rings. The summed E-state index contributed by atoms with van der Waals surface area (Å²) in [6.07, 6.45) is 0.804. The summed E-state index contributed by atoms with van der Waals surface area (Å²) in [6.45, 7) is 0. The molecule has 0 unspecified atom stereocenters. The lowest BCUT2D eigenvalue weighted by atomic mass is 10.2. The van der Waals surface area contributed by atoms with Crippen LogP contribution in [0.2, 0.25) is 0 Å². The number of anilines is 2. The zero-order chi connectivity index (χ0) is 14.9. The molecule has 0 spiro atoms. The van der Waals surface area contributed by atoms with Gasteiger partial charge in [-0.1, -0.05) is 12.1 Å². The summed E-state index contributed by atoms with van der Waals surface area (Å²) >= 11 is 0. The number of rotatable bonds is 3. The number of hydrogen-bond donors (Lipinski definition) is 1. The quantitative estimate of drug-likeness (QED) is 0.582. The summed E-state index contributed by atoms with van der Waals surface area (Å²) in [7, 11) is 0. The van der Waals surface area contributed by atoms with Crippen LogP contribution in [0.25, 0.3) is 16.7 Å². The fourth-order valence-electron chi connectivity index (χ4n) is 2.27. The number of benzene rings is 2. The molecular formula is C15H10N6O. The highest BCUT2D eigenvalue weighted by molar-refractivity contribution is 5.83. The summed E-state index contributed by atoms with van der Waals surface area (Å²) in [5.41, 5.74) is 3.58. The number of hydrogen-bond acceptors (Lipinski definition) is 6. The molecule has 0 bridgehead atoms. The maximum atomic E-state index is 10.7. The minimum absolute atomic E-state index is 0.540. The molecule has 0 saturated heterocycles. The monoisotopic (exact) mass is 290 g/mol. The molecule has 7 heteroatoms. The second-order valence-electron chi connectivity index (χ2n) is 4.73. The van der Waals surface area contributed by atoms with Crippen molar-refractivity contribution in [3.63, 3.8) is 0 Å².